The number of hydrogen-bond donors (Lipinski definition) is 0. The highest BCUT2D eigenvalue weighted by Gasteiger charge is 2.38. The van der Waals surface area contributed by atoms with E-state index in [4.69, 9.17) is 18.9 Å². The average molecular weight is 1150 g/mol. The van der Waals surface area contributed by atoms with Crippen LogP contribution in [0.1, 0.15) is 413 Å². The zero-order valence-electron chi connectivity index (χ0n) is 55.0. The predicted molar refractivity (Wildman–Crippen MR) is 346 cm³/mol. The van der Waals surface area contributed by atoms with E-state index in [2.05, 4.69) is 27.7 Å². The minimum atomic E-state index is -1.20. The molecule has 0 unspecified atom stereocenters. The van der Waals surface area contributed by atoms with E-state index in [0.29, 0.717) is 25.7 Å². The molecule has 0 bridgehead atoms. The summed E-state index contributed by atoms with van der Waals surface area (Å²) in [7, 11) is 0. The summed E-state index contributed by atoms with van der Waals surface area (Å²) in [6.07, 6.45) is 70.7. The van der Waals surface area contributed by atoms with Gasteiger partial charge in [-0.1, -0.05) is 362 Å². The van der Waals surface area contributed by atoms with Gasteiger partial charge in [0.15, 0.2) is 0 Å². The molecule has 480 valence electrons. The van der Waals surface area contributed by atoms with Crippen molar-refractivity contribution in [2.75, 3.05) is 26.4 Å². The van der Waals surface area contributed by atoms with Gasteiger partial charge in [-0.15, -0.1) is 0 Å². The standard InChI is InChI=1S/C73H140O8/c1-5-9-13-17-21-25-29-33-37-41-45-49-53-57-61-69(74)78-65-73(66-79-70(75)62-58-54-50-46-42-38-34-30-26-22-18-14-10-6-2,67-80-71(76)63-59-55-51-47-43-39-35-31-27-23-19-15-11-7-3)68-81-72(77)64-60-56-52-48-44-40-36-32-28-24-20-16-12-8-4/h5-68H2,1-4H3. The summed E-state index contributed by atoms with van der Waals surface area (Å²) in [5, 5.41) is 0. The predicted octanol–water partition coefficient (Wildman–Crippen LogP) is 23.6. The molecular formula is C73H140O8. The Balaban J connectivity index is 5.41. The largest absolute Gasteiger partial charge is 0.465 e. The molecule has 0 aromatic rings. The number of carbonyl (C=O) groups is 4. The van der Waals surface area contributed by atoms with Crippen LogP contribution in [0.2, 0.25) is 0 Å². The minimum absolute atomic E-state index is 0.158. The number of unbranched alkanes of at least 4 members (excludes halogenated alkanes) is 52. The zero-order valence-corrected chi connectivity index (χ0v) is 55.0. The molecule has 81 heavy (non-hydrogen) atoms. The first-order valence-corrected chi connectivity index (χ1v) is 36.4. The summed E-state index contributed by atoms with van der Waals surface area (Å²) in [5.74, 6) is -1.30. The molecule has 0 heterocycles. The molecule has 0 rings (SSSR count). The molecule has 0 radical (unpaired) electrons. The van der Waals surface area contributed by atoms with Crippen molar-refractivity contribution in [3.8, 4) is 0 Å². The topological polar surface area (TPSA) is 105 Å². The SMILES string of the molecule is CCCCCCCCCCCCCCCCC(=O)OCC(COC(=O)CCCCCCCCCCCCCCCC)(COC(=O)CCCCCCCCCCCCCCCC)COC(=O)CCCCCCCCCCCCCCCC. The first-order valence-electron chi connectivity index (χ1n) is 36.4. The van der Waals surface area contributed by atoms with Crippen LogP contribution >= 0.6 is 0 Å². The Labute approximate surface area is 504 Å². The molecule has 0 aliphatic heterocycles. The number of hydrogen-bond acceptors (Lipinski definition) is 8. The van der Waals surface area contributed by atoms with E-state index in [-0.39, 0.29) is 50.3 Å². The molecule has 8 heteroatoms. The lowest BCUT2D eigenvalue weighted by molar-refractivity contribution is -0.170. The maximum absolute atomic E-state index is 13.4. The highest BCUT2D eigenvalue weighted by Crippen LogP contribution is 2.25. The van der Waals surface area contributed by atoms with Crippen molar-refractivity contribution in [2.45, 2.75) is 413 Å². The lowest BCUT2D eigenvalue weighted by Gasteiger charge is -2.31. The van der Waals surface area contributed by atoms with E-state index in [1.807, 2.05) is 0 Å². The molecule has 0 spiro atoms. The first kappa shape index (κ1) is 78.9. The Morgan fingerprint density at radius 3 is 0.420 bits per heavy atom. The molecule has 0 saturated carbocycles. The molecule has 0 aliphatic rings. The summed E-state index contributed by atoms with van der Waals surface area (Å²) >= 11 is 0. The van der Waals surface area contributed by atoms with Gasteiger partial charge in [0.2, 0.25) is 0 Å². The van der Waals surface area contributed by atoms with Crippen molar-refractivity contribution in [1.29, 1.82) is 0 Å². The van der Waals surface area contributed by atoms with Crippen LogP contribution in [0.3, 0.4) is 0 Å². The fourth-order valence-corrected chi connectivity index (χ4v) is 11.3. The van der Waals surface area contributed by atoms with Crippen LogP contribution in [-0.4, -0.2) is 50.3 Å². The normalized spacial score (nSPS) is 11.6. The summed E-state index contributed by atoms with van der Waals surface area (Å²) in [6, 6.07) is 0. The second-order valence-corrected chi connectivity index (χ2v) is 25.5. The number of esters is 4. The van der Waals surface area contributed by atoms with Crippen molar-refractivity contribution < 1.29 is 38.1 Å². The molecule has 0 saturated heterocycles. The van der Waals surface area contributed by atoms with Crippen LogP contribution in [0.4, 0.5) is 0 Å². The average Bonchev–Trinajstić information content (AvgIpc) is 3.47. The van der Waals surface area contributed by atoms with Crippen LogP contribution in [0.25, 0.3) is 0 Å². The van der Waals surface area contributed by atoms with Gasteiger partial charge in [-0.3, -0.25) is 19.2 Å². The lowest BCUT2D eigenvalue weighted by Crippen LogP contribution is -2.44. The summed E-state index contributed by atoms with van der Waals surface area (Å²) < 4.78 is 23.9. The molecule has 0 fully saturated rings. The van der Waals surface area contributed by atoms with Gasteiger partial charge in [-0.05, 0) is 25.7 Å². The highest BCUT2D eigenvalue weighted by molar-refractivity contribution is 5.71. The van der Waals surface area contributed by atoms with Crippen molar-refractivity contribution in [2.24, 2.45) is 5.41 Å². The highest BCUT2D eigenvalue weighted by atomic mass is 16.6. The van der Waals surface area contributed by atoms with Gasteiger partial charge in [-0.2, -0.15) is 0 Å². The molecule has 0 N–H and O–H groups in total. The van der Waals surface area contributed by atoms with Crippen molar-refractivity contribution in [3.63, 3.8) is 0 Å². The van der Waals surface area contributed by atoms with Crippen LogP contribution in [0.5, 0.6) is 0 Å². The van der Waals surface area contributed by atoms with Gasteiger partial charge in [0.05, 0.1) is 0 Å². The minimum Gasteiger partial charge on any atom is -0.465 e. The Kier molecular flexibility index (Phi) is 63.7. The molecule has 0 atom stereocenters. The molecule has 0 aliphatic carbocycles. The second-order valence-electron chi connectivity index (χ2n) is 25.5. The first-order chi connectivity index (χ1) is 39.8. The van der Waals surface area contributed by atoms with E-state index in [1.165, 1.54) is 283 Å². The van der Waals surface area contributed by atoms with E-state index in [0.717, 1.165) is 77.0 Å². The fourth-order valence-electron chi connectivity index (χ4n) is 11.3. The number of rotatable bonds is 68. The van der Waals surface area contributed by atoms with Crippen molar-refractivity contribution in [3.05, 3.63) is 0 Å². The van der Waals surface area contributed by atoms with Gasteiger partial charge in [0.25, 0.3) is 0 Å². The molecule has 0 aromatic carbocycles. The maximum atomic E-state index is 13.4. The Bertz CT molecular complexity index is 1120. The molecule has 8 nitrogen and oxygen atoms in total. The monoisotopic (exact) mass is 1150 g/mol. The van der Waals surface area contributed by atoms with Gasteiger partial charge in [0, 0.05) is 25.7 Å². The Morgan fingerprint density at radius 2 is 0.296 bits per heavy atom. The van der Waals surface area contributed by atoms with Crippen LogP contribution in [-0.2, 0) is 38.1 Å². The number of carbonyl (C=O) groups excluding carboxylic acids is 4. The fraction of sp³-hybridized carbons (Fsp3) is 0.945. The van der Waals surface area contributed by atoms with E-state index in [9.17, 15) is 19.2 Å². The van der Waals surface area contributed by atoms with Crippen LogP contribution in [0.15, 0.2) is 0 Å². The Hall–Kier alpha value is -2.12. The quantitative estimate of drug-likeness (QED) is 0.0337. The molecule has 0 amide bonds. The lowest BCUT2D eigenvalue weighted by atomic mass is 9.92. The van der Waals surface area contributed by atoms with E-state index >= 15 is 0 Å². The van der Waals surface area contributed by atoms with Crippen molar-refractivity contribution in [1.82, 2.24) is 0 Å². The Morgan fingerprint density at radius 1 is 0.185 bits per heavy atom. The van der Waals surface area contributed by atoms with E-state index in [1.54, 1.807) is 0 Å². The molecule has 0 aromatic heterocycles. The molecular weight excluding hydrogens is 1000 g/mol. The van der Waals surface area contributed by atoms with Gasteiger partial charge < -0.3 is 18.9 Å². The third kappa shape index (κ3) is 60.8. The van der Waals surface area contributed by atoms with Crippen molar-refractivity contribution >= 4 is 23.9 Å². The summed E-state index contributed by atoms with van der Waals surface area (Å²) in [4.78, 5) is 53.4. The smallest absolute Gasteiger partial charge is 0.305 e. The van der Waals surface area contributed by atoms with Crippen LogP contribution < -0.4 is 0 Å². The van der Waals surface area contributed by atoms with Gasteiger partial charge in [-0.25, -0.2) is 0 Å². The van der Waals surface area contributed by atoms with Crippen LogP contribution in [0, 0.1) is 5.41 Å². The maximum Gasteiger partial charge on any atom is 0.305 e. The summed E-state index contributed by atoms with van der Waals surface area (Å²) in [5.41, 5.74) is -1.20. The third-order valence-corrected chi connectivity index (χ3v) is 17.1. The third-order valence-electron chi connectivity index (χ3n) is 17.1. The summed E-state index contributed by atoms with van der Waals surface area (Å²) in [6.45, 7) is 8.45. The van der Waals surface area contributed by atoms with E-state index < -0.39 is 5.41 Å². The zero-order chi connectivity index (χ0) is 58.9. The van der Waals surface area contributed by atoms with Gasteiger partial charge in [0.1, 0.15) is 31.8 Å². The second kappa shape index (κ2) is 65.4. The number of ether oxygens (including phenoxy) is 4. The van der Waals surface area contributed by atoms with Gasteiger partial charge >= 0.3 is 23.9 Å².